The average Bonchev–Trinajstić information content (AvgIpc) is 2.41. The van der Waals surface area contributed by atoms with Crippen molar-refractivity contribution in [2.75, 3.05) is 5.73 Å². The van der Waals surface area contributed by atoms with Crippen LogP contribution >= 0.6 is 15.9 Å². The lowest BCUT2D eigenvalue weighted by Gasteiger charge is -2.09. The molecule has 4 N–H and O–H groups in total. The smallest absolute Gasteiger partial charge is 0.240 e. The zero-order valence-corrected chi connectivity index (χ0v) is 12.8. The van der Waals surface area contributed by atoms with E-state index >= 15 is 0 Å². The summed E-state index contributed by atoms with van der Waals surface area (Å²) in [6.07, 6.45) is 0. The van der Waals surface area contributed by atoms with Crippen molar-refractivity contribution < 1.29 is 13.5 Å². The maximum Gasteiger partial charge on any atom is 0.240 e. The summed E-state index contributed by atoms with van der Waals surface area (Å²) in [7, 11) is -3.68. The van der Waals surface area contributed by atoms with Crippen LogP contribution in [0.2, 0.25) is 0 Å². The summed E-state index contributed by atoms with van der Waals surface area (Å²) >= 11 is 3.35. The first-order chi connectivity index (χ1) is 9.40. The molecule has 0 unspecified atom stereocenters. The molecule has 0 fully saturated rings. The highest BCUT2D eigenvalue weighted by Gasteiger charge is 2.15. The van der Waals surface area contributed by atoms with Crippen LogP contribution in [0.3, 0.4) is 0 Å². The molecule has 0 radical (unpaired) electrons. The number of rotatable bonds is 4. The highest BCUT2D eigenvalue weighted by Crippen LogP contribution is 2.23. The summed E-state index contributed by atoms with van der Waals surface area (Å²) < 4.78 is 27.5. The number of hydrogen-bond acceptors (Lipinski definition) is 4. The molecule has 7 heteroatoms. The molecule has 0 amide bonds. The highest BCUT2D eigenvalue weighted by atomic mass is 79.9. The van der Waals surface area contributed by atoms with Crippen LogP contribution in [0.5, 0.6) is 5.75 Å². The van der Waals surface area contributed by atoms with Crippen molar-refractivity contribution in [1.29, 1.82) is 0 Å². The fraction of sp³-hybridized carbons (Fsp3) is 0.0769. The summed E-state index contributed by atoms with van der Waals surface area (Å²) in [4.78, 5) is 0.0138. The van der Waals surface area contributed by atoms with Gasteiger partial charge >= 0.3 is 0 Å². The van der Waals surface area contributed by atoms with Gasteiger partial charge in [-0.05, 0) is 29.8 Å². The molecule has 0 aromatic heterocycles. The molecule has 20 heavy (non-hydrogen) atoms. The van der Waals surface area contributed by atoms with Crippen LogP contribution in [-0.4, -0.2) is 13.5 Å². The molecule has 0 aliphatic carbocycles. The van der Waals surface area contributed by atoms with Gasteiger partial charge < -0.3 is 10.8 Å². The SMILES string of the molecule is Nc1cc(S(=O)(=O)NCc2ccccc2Br)ccc1O. The van der Waals surface area contributed by atoms with Crippen LogP contribution in [-0.2, 0) is 16.6 Å². The van der Waals surface area contributed by atoms with Crippen LogP contribution in [0.1, 0.15) is 5.56 Å². The molecule has 0 bridgehead atoms. The van der Waals surface area contributed by atoms with E-state index in [1.807, 2.05) is 24.3 Å². The fourth-order valence-electron chi connectivity index (χ4n) is 1.60. The minimum absolute atomic E-state index is 0.0138. The second-order valence-electron chi connectivity index (χ2n) is 4.14. The Morgan fingerprint density at radius 2 is 1.90 bits per heavy atom. The summed E-state index contributed by atoms with van der Waals surface area (Å²) in [5.41, 5.74) is 6.34. The van der Waals surface area contributed by atoms with Gasteiger partial charge in [-0.2, -0.15) is 0 Å². The van der Waals surface area contributed by atoms with E-state index in [-0.39, 0.29) is 22.9 Å². The monoisotopic (exact) mass is 356 g/mol. The number of anilines is 1. The third-order valence-electron chi connectivity index (χ3n) is 2.72. The molecule has 0 aliphatic heterocycles. The molecule has 106 valence electrons. The van der Waals surface area contributed by atoms with Crippen molar-refractivity contribution in [3.8, 4) is 5.75 Å². The number of nitrogens with two attached hydrogens (primary N) is 1. The lowest BCUT2D eigenvalue weighted by molar-refractivity contribution is 0.477. The van der Waals surface area contributed by atoms with E-state index in [0.717, 1.165) is 10.0 Å². The minimum atomic E-state index is -3.68. The normalized spacial score (nSPS) is 11.4. The van der Waals surface area contributed by atoms with Gasteiger partial charge in [-0.3, -0.25) is 0 Å². The van der Waals surface area contributed by atoms with E-state index in [1.165, 1.54) is 18.2 Å². The van der Waals surface area contributed by atoms with E-state index < -0.39 is 10.0 Å². The predicted molar refractivity (Wildman–Crippen MR) is 80.7 cm³/mol. The first kappa shape index (κ1) is 14.8. The van der Waals surface area contributed by atoms with Crippen molar-refractivity contribution in [2.45, 2.75) is 11.4 Å². The second-order valence-corrected chi connectivity index (χ2v) is 6.76. The van der Waals surface area contributed by atoms with E-state index in [4.69, 9.17) is 5.73 Å². The van der Waals surface area contributed by atoms with Gasteiger partial charge in [-0.25, -0.2) is 13.1 Å². The molecular formula is C13H13BrN2O3S. The summed E-state index contributed by atoms with van der Waals surface area (Å²) in [5.74, 6) is -0.144. The molecular weight excluding hydrogens is 344 g/mol. The Kier molecular flexibility index (Phi) is 4.32. The number of aromatic hydroxyl groups is 1. The maximum absolute atomic E-state index is 12.1. The number of benzene rings is 2. The molecule has 0 spiro atoms. The zero-order chi connectivity index (χ0) is 14.8. The molecule has 5 nitrogen and oxygen atoms in total. The first-order valence-corrected chi connectivity index (χ1v) is 7.99. The fourth-order valence-corrected chi connectivity index (χ4v) is 3.06. The average molecular weight is 357 g/mol. The van der Waals surface area contributed by atoms with E-state index in [1.54, 1.807) is 0 Å². The van der Waals surface area contributed by atoms with Crippen LogP contribution < -0.4 is 10.5 Å². The van der Waals surface area contributed by atoms with Gasteiger partial charge in [0.05, 0.1) is 10.6 Å². The molecule has 0 saturated carbocycles. The van der Waals surface area contributed by atoms with Gasteiger partial charge in [-0.15, -0.1) is 0 Å². The Morgan fingerprint density at radius 3 is 2.55 bits per heavy atom. The Labute approximate surface area is 125 Å². The topological polar surface area (TPSA) is 92.4 Å². The number of phenolic OH excluding ortho intramolecular Hbond substituents is 1. The third kappa shape index (κ3) is 3.30. The molecule has 0 atom stereocenters. The van der Waals surface area contributed by atoms with Crippen LogP contribution in [0.4, 0.5) is 5.69 Å². The lowest BCUT2D eigenvalue weighted by Crippen LogP contribution is -2.23. The van der Waals surface area contributed by atoms with Gasteiger partial charge in [-0.1, -0.05) is 34.1 Å². The second kappa shape index (κ2) is 5.82. The Bertz CT molecular complexity index is 732. The van der Waals surface area contributed by atoms with Gasteiger partial charge in [0.1, 0.15) is 5.75 Å². The van der Waals surface area contributed by atoms with Crippen molar-refractivity contribution in [2.24, 2.45) is 0 Å². The van der Waals surface area contributed by atoms with Gasteiger partial charge in [0, 0.05) is 11.0 Å². The molecule has 0 aliphatic rings. The minimum Gasteiger partial charge on any atom is -0.506 e. The third-order valence-corrected chi connectivity index (χ3v) is 4.89. The summed E-state index contributed by atoms with van der Waals surface area (Å²) in [6.45, 7) is 0.157. The molecule has 2 rings (SSSR count). The van der Waals surface area contributed by atoms with Gasteiger partial charge in [0.15, 0.2) is 0 Å². The molecule has 2 aromatic rings. The van der Waals surface area contributed by atoms with Gasteiger partial charge in [0.25, 0.3) is 0 Å². The van der Waals surface area contributed by atoms with Crippen LogP contribution in [0.15, 0.2) is 51.8 Å². The number of nitrogen functional groups attached to an aromatic ring is 1. The van der Waals surface area contributed by atoms with Crippen molar-refractivity contribution in [3.63, 3.8) is 0 Å². The Balaban J connectivity index is 2.19. The van der Waals surface area contributed by atoms with Crippen molar-refractivity contribution in [3.05, 3.63) is 52.5 Å². The van der Waals surface area contributed by atoms with Gasteiger partial charge in [0.2, 0.25) is 10.0 Å². The standard InChI is InChI=1S/C13H13BrN2O3S/c14-11-4-2-1-3-9(11)8-16-20(18,19)10-5-6-13(17)12(15)7-10/h1-7,16-17H,8,15H2. The molecule has 2 aromatic carbocycles. The number of halogens is 1. The predicted octanol–water partition coefficient (Wildman–Crippen LogP) is 2.22. The zero-order valence-electron chi connectivity index (χ0n) is 10.4. The number of sulfonamides is 1. The van der Waals surface area contributed by atoms with Crippen LogP contribution in [0.25, 0.3) is 0 Å². The number of hydrogen-bond donors (Lipinski definition) is 3. The quantitative estimate of drug-likeness (QED) is 0.578. The highest BCUT2D eigenvalue weighted by molar-refractivity contribution is 9.10. The Hall–Kier alpha value is -1.57. The first-order valence-electron chi connectivity index (χ1n) is 5.72. The molecule has 0 heterocycles. The van der Waals surface area contributed by atoms with Crippen molar-refractivity contribution in [1.82, 2.24) is 4.72 Å². The van der Waals surface area contributed by atoms with Crippen LogP contribution in [0, 0.1) is 0 Å². The number of nitrogens with one attached hydrogen (secondary N) is 1. The summed E-state index contributed by atoms with van der Waals surface area (Å²) in [6, 6.07) is 11.1. The maximum atomic E-state index is 12.1. The number of phenols is 1. The largest absolute Gasteiger partial charge is 0.506 e. The van der Waals surface area contributed by atoms with E-state index in [9.17, 15) is 13.5 Å². The van der Waals surface area contributed by atoms with E-state index in [0.29, 0.717) is 0 Å². The van der Waals surface area contributed by atoms with Crippen molar-refractivity contribution >= 4 is 31.6 Å². The summed E-state index contributed by atoms with van der Waals surface area (Å²) in [5, 5.41) is 9.31. The Morgan fingerprint density at radius 1 is 1.20 bits per heavy atom. The lowest BCUT2D eigenvalue weighted by atomic mass is 10.2. The molecule has 0 saturated heterocycles. The van der Waals surface area contributed by atoms with E-state index in [2.05, 4.69) is 20.7 Å².